The van der Waals surface area contributed by atoms with Crippen molar-refractivity contribution >= 4 is 11.8 Å². The van der Waals surface area contributed by atoms with E-state index in [2.05, 4.69) is 18.1 Å². The van der Waals surface area contributed by atoms with E-state index in [1.54, 1.807) is 32.0 Å². The molecule has 148 valence electrons. The lowest BCUT2D eigenvalue weighted by Crippen LogP contribution is -2.50. The molecule has 4 atom stereocenters. The van der Waals surface area contributed by atoms with Gasteiger partial charge in [0.1, 0.15) is 17.5 Å². The van der Waals surface area contributed by atoms with Crippen molar-refractivity contribution < 1.29 is 19.4 Å². The van der Waals surface area contributed by atoms with Crippen LogP contribution < -0.4 is 4.74 Å². The predicted molar refractivity (Wildman–Crippen MR) is 101 cm³/mol. The SMILES string of the molecule is CCCCN1N=C(O[C@@H]2c3cc(C#N)ccc3OC(C)(C)[C@H]2O)[C@H]2C[C@H]2C1=O. The number of hydrazone groups is 1. The molecule has 3 aliphatic rings. The molecule has 0 radical (unpaired) electrons. The molecule has 1 amide bonds. The minimum absolute atomic E-state index is 0.0221. The Balaban J connectivity index is 1.67. The number of aliphatic hydroxyl groups is 1. The van der Waals surface area contributed by atoms with Gasteiger partial charge in [-0.1, -0.05) is 13.3 Å². The monoisotopic (exact) mass is 383 g/mol. The van der Waals surface area contributed by atoms with E-state index in [-0.39, 0.29) is 17.7 Å². The Hall–Kier alpha value is -2.59. The number of nitrogens with zero attached hydrogens (tertiary/aromatic N) is 3. The molecule has 0 unspecified atom stereocenters. The van der Waals surface area contributed by atoms with Crippen molar-refractivity contribution in [1.29, 1.82) is 5.26 Å². The van der Waals surface area contributed by atoms with E-state index in [4.69, 9.17) is 9.47 Å². The number of nitriles is 1. The van der Waals surface area contributed by atoms with Crippen LogP contribution in [0.3, 0.4) is 0 Å². The highest BCUT2D eigenvalue weighted by Crippen LogP contribution is 2.48. The van der Waals surface area contributed by atoms with Gasteiger partial charge in [0.25, 0.3) is 0 Å². The van der Waals surface area contributed by atoms with E-state index in [9.17, 15) is 15.2 Å². The number of rotatable bonds is 4. The van der Waals surface area contributed by atoms with Gasteiger partial charge in [-0.15, -0.1) is 5.10 Å². The van der Waals surface area contributed by atoms with Crippen molar-refractivity contribution in [2.75, 3.05) is 6.54 Å². The number of hydrogen-bond acceptors (Lipinski definition) is 6. The van der Waals surface area contributed by atoms with Gasteiger partial charge in [-0.2, -0.15) is 5.26 Å². The number of fused-ring (bicyclic) bond motifs is 2. The first-order chi connectivity index (χ1) is 13.4. The fourth-order valence-electron chi connectivity index (χ4n) is 3.82. The molecular formula is C21H25N3O4. The first-order valence-corrected chi connectivity index (χ1v) is 9.83. The lowest BCUT2D eigenvalue weighted by Gasteiger charge is -2.42. The number of hydrogen-bond donors (Lipinski definition) is 1. The van der Waals surface area contributed by atoms with E-state index >= 15 is 0 Å². The van der Waals surface area contributed by atoms with Gasteiger partial charge < -0.3 is 14.6 Å². The van der Waals surface area contributed by atoms with E-state index in [0.717, 1.165) is 19.3 Å². The van der Waals surface area contributed by atoms with Crippen LogP contribution in [0.1, 0.15) is 57.3 Å². The minimum Gasteiger partial charge on any atom is -0.485 e. The molecular weight excluding hydrogens is 358 g/mol. The van der Waals surface area contributed by atoms with Crippen LogP contribution in [0.25, 0.3) is 0 Å². The summed E-state index contributed by atoms with van der Waals surface area (Å²) in [5, 5.41) is 26.2. The summed E-state index contributed by atoms with van der Waals surface area (Å²) in [6.45, 7) is 6.24. The molecule has 1 aromatic rings. The normalized spacial score (nSPS) is 29.8. The summed E-state index contributed by atoms with van der Waals surface area (Å²) in [4.78, 5) is 12.4. The zero-order valence-corrected chi connectivity index (χ0v) is 16.4. The van der Waals surface area contributed by atoms with Crippen LogP contribution >= 0.6 is 0 Å². The molecule has 1 aliphatic carbocycles. The molecule has 1 saturated carbocycles. The Morgan fingerprint density at radius 1 is 1.43 bits per heavy atom. The summed E-state index contributed by atoms with van der Waals surface area (Å²) in [6, 6.07) is 7.22. The summed E-state index contributed by atoms with van der Waals surface area (Å²) in [6.07, 6.45) is 0.916. The van der Waals surface area contributed by atoms with Gasteiger partial charge in [0.2, 0.25) is 11.8 Å². The van der Waals surface area contributed by atoms with Gasteiger partial charge in [0.05, 0.1) is 17.6 Å². The highest BCUT2D eigenvalue weighted by Gasteiger charge is 2.54. The lowest BCUT2D eigenvalue weighted by molar-refractivity contribution is -0.134. The number of benzene rings is 1. The second-order valence-electron chi connectivity index (χ2n) is 8.26. The molecule has 0 aromatic heterocycles. The van der Waals surface area contributed by atoms with E-state index in [1.807, 2.05) is 0 Å². The molecule has 2 aliphatic heterocycles. The van der Waals surface area contributed by atoms with Gasteiger partial charge in [0, 0.05) is 18.0 Å². The van der Waals surface area contributed by atoms with Gasteiger partial charge in [0.15, 0.2) is 6.10 Å². The Kier molecular flexibility index (Phi) is 4.54. The average Bonchev–Trinajstić information content (AvgIpc) is 3.47. The Morgan fingerprint density at radius 2 is 2.21 bits per heavy atom. The van der Waals surface area contributed by atoms with Crippen LogP contribution in [0, 0.1) is 23.2 Å². The van der Waals surface area contributed by atoms with Crippen LogP contribution in [-0.4, -0.2) is 40.2 Å². The molecule has 28 heavy (non-hydrogen) atoms. The zero-order valence-electron chi connectivity index (χ0n) is 16.4. The summed E-state index contributed by atoms with van der Waals surface area (Å²) in [5.41, 5.74) is 0.238. The second kappa shape index (κ2) is 6.78. The molecule has 0 bridgehead atoms. The smallest absolute Gasteiger partial charge is 0.246 e. The summed E-state index contributed by atoms with van der Waals surface area (Å²) in [7, 11) is 0. The number of aliphatic hydroxyl groups excluding tert-OH is 1. The quantitative estimate of drug-likeness (QED) is 0.863. The zero-order chi connectivity index (χ0) is 20.1. The number of amides is 1. The first-order valence-electron chi connectivity index (χ1n) is 9.83. The van der Waals surface area contributed by atoms with E-state index < -0.39 is 17.8 Å². The summed E-state index contributed by atoms with van der Waals surface area (Å²) < 4.78 is 12.2. The summed E-state index contributed by atoms with van der Waals surface area (Å²) >= 11 is 0. The van der Waals surface area contributed by atoms with Crippen LogP contribution in [0.2, 0.25) is 0 Å². The Bertz CT molecular complexity index is 873. The predicted octanol–water partition coefficient (Wildman–Crippen LogP) is 2.74. The largest absolute Gasteiger partial charge is 0.485 e. The highest BCUT2D eigenvalue weighted by molar-refractivity contribution is 5.96. The standard InChI is InChI=1S/C21H25N3O4/c1-4-5-8-24-20(26)14-10-13(14)19(23-24)27-17-15-9-12(11-22)6-7-16(15)28-21(2,3)18(17)25/h6-7,9,13-14,17-18,25H,4-5,8,10H2,1-3H3/t13-,14+,17+,18-/m0/s1. The van der Waals surface area contributed by atoms with Crippen molar-refractivity contribution in [2.45, 2.75) is 57.8 Å². The number of carbonyl (C=O) groups excluding carboxylic acids is 1. The van der Waals surface area contributed by atoms with Crippen molar-refractivity contribution in [2.24, 2.45) is 16.9 Å². The molecule has 0 spiro atoms. The number of ether oxygens (including phenoxy) is 2. The van der Waals surface area contributed by atoms with Gasteiger partial charge in [-0.25, -0.2) is 5.01 Å². The maximum Gasteiger partial charge on any atom is 0.246 e. The molecule has 2 heterocycles. The molecule has 0 saturated heterocycles. The van der Waals surface area contributed by atoms with Crippen molar-refractivity contribution in [3.05, 3.63) is 29.3 Å². The molecule has 7 heteroatoms. The van der Waals surface area contributed by atoms with Gasteiger partial charge >= 0.3 is 0 Å². The topological polar surface area (TPSA) is 95.2 Å². The lowest BCUT2D eigenvalue weighted by atomic mass is 9.87. The molecule has 7 nitrogen and oxygen atoms in total. The van der Waals surface area contributed by atoms with Gasteiger partial charge in [-0.3, -0.25) is 4.79 Å². The van der Waals surface area contributed by atoms with Crippen molar-refractivity contribution in [3.63, 3.8) is 0 Å². The van der Waals surface area contributed by atoms with Gasteiger partial charge in [-0.05, 0) is 44.9 Å². The highest BCUT2D eigenvalue weighted by atomic mass is 16.5. The Morgan fingerprint density at radius 3 is 2.93 bits per heavy atom. The van der Waals surface area contributed by atoms with Crippen LogP contribution in [0.4, 0.5) is 0 Å². The fourth-order valence-corrected chi connectivity index (χ4v) is 3.82. The van der Waals surface area contributed by atoms with E-state index in [0.29, 0.717) is 29.3 Å². The van der Waals surface area contributed by atoms with Crippen molar-refractivity contribution in [1.82, 2.24) is 5.01 Å². The third kappa shape index (κ3) is 3.12. The van der Waals surface area contributed by atoms with Crippen LogP contribution in [-0.2, 0) is 9.53 Å². The third-order valence-corrected chi connectivity index (χ3v) is 5.69. The number of carbonyl (C=O) groups is 1. The van der Waals surface area contributed by atoms with Crippen LogP contribution in [0.15, 0.2) is 23.3 Å². The molecule has 1 aromatic carbocycles. The average molecular weight is 383 g/mol. The fraction of sp³-hybridized carbons (Fsp3) is 0.571. The van der Waals surface area contributed by atoms with Crippen LogP contribution in [0.5, 0.6) is 5.75 Å². The first kappa shape index (κ1) is 18.8. The maximum absolute atomic E-state index is 12.4. The van der Waals surface area contributed by atoms with E-state index in [1.165, 1.54) is 5.01 Å². The summed E-state index contributed by atoms with van der Waals surface area (Å²) in [5.74, 6) is 1.05. The third-order valence-electron chi connectivity index (χ3n) is 5.69. The number of unbranched alkanes of at least 4 members (excludes halogenated alkanes) is 1. The maximum atomic E-state index is 12.4. The van der Waals surface area contributed by atoms with Crippen molar-refractivity contribution in [3.8, 4) is 11.8 Å². The molecule has 1 N–H and O–H groups in total. The molecule has 1 fully saturated rings. The minimum atomic E-state index is -0.949. The second-order valence-corrected chi connectivity index (χ2v) is 8.26. The Labute approximate surface area is 164 Å². The molecule has 4 rings (SSSR count).